The summed E-state index contributed by atoms with van der Waals surface area (Å²) >= 11 is 0. The predicted molar refractivity (Wildman–Crippen MR) is 61.6 cm³/mol. The Morgan fingerprint density at radius 3 is 2.60 bits per heavy atom. The summed E-state index contributed by atoms with van der Waals surface area (Å²) in [6.45, 7) is 8.43. The van der Waals surface area contributed by atoms with E-state index < -0.39 is 6.10 Å². The lowest BCUT2D eigenvalue weighted by molar-refractivity contribution is 0.103. The third-order valence-corrected chi connectivity index (χ3v) is 2.84. The Kier molecular flexibility index (Phi) is 4.33. The minimum Gasteiger partial charge on any atom is -0.387 e. The Balaban J connectivity index is 2.81. The van der Waals surface area contributed by atoms with E-state index in [9.17, 15) is 5.11 Å². The van der Waals surface area contributed by atoms with Crippen molar-refractivity contribution in [1.29, 1.82) is 0 Å². The topological polar surface area (TPSA) is 38.1 Å². The first-order valence-corrected chi connectivity index (χ1v) is 5.77. The number of rotatable bonds is 5. The molecular formula is C12H22N2O. The van der Waals surface area contributed by atoms with Crippen LogP contribution in [-0.4, -0.2) is 14.7 Å². The van der Waals surface area contributed by atoms with E-state index in [0.29, 0.717) is 12.0 Å². The Hall–Kier alpha value is -0.830. The third-order valence-electron chi connectivity index (χ3n) is 2.84. The molecular weight excluding hydrogens is 188 g/mol. The van der Waals surface area contributed by atoms with Gasteiger partial charge in [0.2, 0.25) is 0 Å². The molecule has 1 aromatic rings. The van der Waals surface area contributed by atoms with Crippen LogP contribution in [0.15, 0.2) is 12.5 Å². The van der Waals surface area contributed by atoms with Gasteiger partial charge >= 0.3 is 0 Å². The normalized spacial score (nSPS) is 15.6. The molecule has 0 amide bonds. The highest BCUT2D eigenvalue weighted by molar-refractivity contribution is 5.05. The highest BCUT2D eigenvalue weighted by atomic mass is 16.3. The fourth-order valence-electron chi connectivity index (χ4n) is 1.88. The van der Waals surface area contributed by atoms with Gasteiger partial charge in [-0.1, -0.05) is 20.3 Å². The summed E-state index contributed by atoms with van der Waals surface area (Å²) in [5.41, 5.74) is 0.936. The summed E-state index contributed by atoms with van der Waals surface area (Å²) < 4.78 is 2.04. The van der Waals surface area contributed by atoms with Gasteiger partial charge in [-0.25, -0.2) is 4.98 Å². The average molecular weight is 210 g/mol. The lowest BCUT2D eigenvalue weighted by atomic mass is 9.97. The summed E-state index contributed by atoms with van der Waals surface area (Å²) in [6, 6.07) is 0.353. The van der Waals surface area contributed by atoms with Crippen molar-refractivity contribution in [2.24, 2.45) is 5.92 Å². The number of aliphatic hydroxyl groups excluding tert-OH is 1. The fourth-order valence-corrected chi connectivity index (χ4v) is 1.88. The first-order chi connectivity index (χ1) is 7.07. The van der Waals surface area contributed by atoms with Crippen molar-refractivity contribution in [2.75, 3.05) is 0 Å². The molecule has 2 unspecified atom stereocenters. The van der Waals surface area contributed by atoms with Gasteiger partial charge in [0, 0.05) is 6.04 Å². The number of hydrogen-bond acceptors (Lipinski definition) is 2. The van der Waals surface area contributed by atoms with Gasteiger partial charge in [-0.2, -0.15) is 0 Å². The number of hydrogen-bond donors (Lipinski definition) is 1. The maximum absolute atomic E-state index is 10.2. The van der Waals surface area contributed by atoms with Crippen molar-refractivity contribution in [1.82, 2.24) is 9.55 Å². The lowest BCUT2D eigenvalue weighted by Crippen LogP contribution is -2.15. The van der Waals surface area contributed by atoms with E-state index >= 15 is 0 Å². The van der Waals surface area contributed by atoms with Crippen LogP contribution in [0.4, 0.5) is 0 Å². The van der Waals surface area contributed by atoms with Crippen LogP contribution >= 0.6 is 0 Å². The van der Waals surface area contributed by atoms with Crippen molar-refractivity contribution in [3.05, 3.63) is 18.2 Å². The lowest BCUT2D eigenvalue weighted by Gasteiger charge is -2.21. The van der Waals surface area contributed by atoms with Gasteiger partial charge in [-0.05, 0) is 26.2 Å². The molecule has 0 aliphatic carbocycles. The molecule has 86 valence electrons. The zero-order valence-electron chi connectivity index (χ0n) is 10.1. The van der Waals surface area contributed by atoms with Gasteiger partial charge in [-0.3, -0.25) is 0 Å². The molecule has 0 aromatic carbocycles. The molecule has 0 fully saturated rings. The van der Waals surface area contributed by atoms with Gasteiger partial charge in [0.15, 0.2) is 0 Å². The molecule has 1 aromatic heterocycles. The van der Waals surface area contributed by atoms with Gasteiger partial charge in [0.05, 0.1) is 24.3 Å². The van der Waals surface area contributed by atoms with E-state index in [2.05, 4.69) is 32.7 Å². The second-order valence-corrected chi connectivity index (χ2v) is 4.53. The summed E-state index contributed by atoms with van der Waals surface area (Å²) in [5.74, 6) is 0.296. The molecule has 0 saturated carbocycles. The third kappa shape index (κ3) is 2.81. The smallest absolute Gasteiger partial charge is 0.0981 e. The molecule has 2 atom stereocenters. The van der Waals surface area contributed by atoms with Crippen molar-refractivity contribution >= 4 is 0 Å². The first kappa shape index (κ1) is 12.2. The molecule has 0 radical (unpaired) electrons. The Morgan fingerprint density at radius 1 is 1.40 bits per heavy atom. The summed E-state index contributed by atoms with van der Waals surface area (Å²) in [6.07, 6.45) is 5.33. The number of aliphatic hydroxyl groups is 1. The summed E-state index contributed by atoms with van der Waals surface area (Å²) in [7, 11) is 0. The minimum atomic E-state index is -0.394. The fraction of sp³-hybridized carbons (Fsp3) is 0.750. The molecule has 0 aliphatic rings. The van der Waals surface area contributed by atoms with Crippen LogP contribution in [0.3, 0.4) is 0 Å². The van der Waals surface area contributed by atoms with Crippen molar-refractivity contribution < 1.29 is 5.11 Å². The first-order valence-electron chi connectivity index (χ1n) is 5.77. The van der Waals surface area contributed by atoms with Crippen molar-refractivity contribution in [2.45, 2.75) is 52.7 Å². The zero-order valence-corrected chi connectivity index (χ0v) is 10.1. The molecule has 0 bridgehead atoms. The Morgan fingerprint density at radius 2 is 2.07 bits per heavy atom. The van der Waals surface area contributed by atoms with E-state index in [-0.39, 0.29) is 0 Å². The molecule has 1 heterocycles. The highest BCUT2D eigenvalue weighted by Gasteiger charge is 2.20. The molecule has 3 heteroatoms. The predicted octanol–water partition coefficient (Wildman–Crippen LogP) is 2.93. The molecule has 0 saturated heterocycles. The van der Waals surface area contributed by atoms with E-state index in [1.807, 2.05) is 4.57 Å². The van der Waals surface area contributed by atoms with Gasteiger partial charge in [0.1, 0.15) is 0 Å². The van der Waals surface area contributed by atoms with Gasteiger partial charge < -0.3 is 9.67 Å². The number of imidazole rings is 1. The van der Waals surface area contributed by atoms with Crippen LogP contribution in [0.5, 0.6) is 0 Å². The second kappa shape index (κ2) is 5.31. The minimum absolute atomic E-state index is 0.296. The van der Waals surface area contributed by atoms with Crippen LogP contribution in [-0.2, 0) is 0 Å². The SMILES string of the molecule is CCCC(C)C(O)c1cncn1C(C)C. The maximum Gasteiger partial charge on any atom is 0.0981 e. The van der Waals surface area contributed by atoms with Crippen molar-refractivity contribution in [3.8, 4) is 0 Å². The van der Waals surface area contributed by atoms with Crippen LogP contribution in [0.1, 0.15) is 58.4 Å². The van der Waals surface area contributed by atoms with E-state index in [0.717, 1.165) is 18.5 Å². The standard InChI is InChI=1S/C12H22N2O/c1-5-6-10(4)12(15)11-7-13-8-14(11)9(2)3/h7-10,12,15H,5-6H2,1-4H3. The van der Waals surface area contributed by atoms with Crippen LogP contribution in [0, 0.1) is 5.92 Å². The maximum atomic E-state index is 10.2. The van der Waals surface area contributed by atoms with E-state index in [1.165, 1.54) is 0 Å². The number of aromatic nitrogens is 2. The summed E-state index contributed by atoms with van der Waals surface area (Å²) in [4.78, 5) is 4.11. The average Bonchev–Trinajstić information content (AvgIpc) is 2.65. The summed E-state index contributed by atoms with van der Waals surface area (Å²) in [5, 5.41) is 10.2. The molecule has 0 spiro atoms. The second-order valence-electron chi connectivity index (χ2n) is 4.53. The van der Waals surface area contributed by atoms with Crippen molar-refractivity contribution in [3.63, 3.8) is 0 Å². The quantitative estimate of drug-likeness (QED) is 0.811. The molecule has 0 aliphatic heterocycles. The molecule has 3 nitrogen and oxygen atoms in total. The number of nitrogens with zero attached hydrogens (tertiary/aromatic N) is 2. The van der Waals surface area contributed by atoms with Gasteiger partial charge in [0.25, 0.3) is 0 Å². The van der Waals surface area contributed by atoms with Crippen LogP contribution in [0.2, 0.25) is 0 Å². The van der Waals surface area contributed by atoms with Crippen LogP contribution < -0.4 is 0 Å². The molecule has 15 heavy (non-hydrogen) atoms. The van der Waals surface area contributed by atoms with Crippen LogP contribution in [0.25, 0.3) is 0 Å². The molecule has 1 rings (SSSR count). The Bertz CT molecular complexity index is 294. The highest BCUT2D eigenvalue weighted by Crippen LogP contribution is 2.26. The Labute approximate surface area is 92.1 Å². The van der Waals surface area contributed by atoms with E-state index in [1.54, 1.807) is 12.5 Å². The monoisotopic (exact) mass is 210 g/mol. The van der Waals surface area contributed by atoms with E-state index in [4.69, 9.17) is 0 Å². The molecule has 1 N–H and O–H groups in total. The van der Waals surface area contributed by atoms with Gasteiger partial charge in [-0.15, -0.1) is 0 Å². The zero-order chi connectivity index (χ0) is 11.4. The largest absolute Gasteiger partial charge is 0.387 e.